The van der Waals surface area contributed by atoms with Gasteiger partial charge in [-0.2, -0.15) is 0 Å². The van der Waals surface area contributed by atoms with Crippen molar-refractivity contribution in [2.45, 2.75) is 39.8 Å². The summed E-state index contributed by atoms with van der Waals surface area (Å²) < 4.78 is 5.56. The van der Waals surface area contributed by atoms with Gasteiger partial charge in [0.15, 0.2) is 5.96 Å². The molecule has 118 valence electrons. The fourth-order valence-electron chi connectivity index (χ4n) is 1.74. The molecule has 0 heterocycles. The molecular weight excluding hydrogens is 266 g/mol. The molecule has 1 atom stereocenters. The van der Waals surface area contributed by atoms with Crippen LogP contribution in [0.15, 0.2) is 29.3 Å². The third-order valence-electron chi connectivity index (χ3n) is 2.66. The Kier molecular flexibility index (Phi) is 7.61. The van der Waals surface area contributed by atoms with Crippen LogP contribution in [0, 0.1) is 6.92 Å². The fourth-order valence-corrected chi connectivity index (χ4v) is 1.74. The van der Waals surface area contributed by atoms with E-state index in [2.05, 4.69) is 15.6 Å². The average molecular weight is 293 g/mol. The zero-order valence-corrected chi connectivity index (χ0v) is 13.4. The van der Waals surface area contributed by atoms with E-state index in [9.17, 15) is 5.11 Å². The van der Waals surface area contributed by atoms with Crippen LogP contribution >= 0.6 is 0 Å². The molecule has 1 unspecified atom stereocenters. The average Bonchev–Trinajstić information content (AvgIpc) is 2.42. The summed E-state index contributed by atoms with van der Waals surface area (Å²) in [6.07, 6.45) is -0.631. The van der Waals surface area contributed by atoms with E-state index in [0.29, 0.717) is 18.5 Å². The van der Waals surface area contributed by atoms with E-state index in [4.69, 9.17) is 4.74 Å². The quantitative estimate of drug-likeness (QED) is 0.529. The molecule has 0 bridgehead atoms. The van der Waals surface area contributed by atoms with Gasteiger partial charge in [0.05, 0.1) is 6.54 Å². The molecule has 0 aromatic heterocycles. The summed E-state index contributed by atoms with van der Waals surface area (Å²) in [4.78, 5) is 4.35. The lowest BCUT2D eigenvalue weighted by Crippen LogP contribution is -2.41. The highest BCUT2D eigenvalue weighted by Gasteiger charge is 2.06. The van der Waals surface area contributed by atoms with Gasteiger partial charge in [-0.05, 0) is 45.4 Å². The van der Waals surface area contributed by atoms with Crippen molar-refractivity contribution in [1.82, 2.24) is 10.6 Å². The lowest BCUT2D eigenvalue weighted by molar-refractivity contribution is 0.114. The van der Waals surface area contributed by atoms with E-state index < -0.39 is 6.10 Å². The molecule has 21 heavy (non-hydrogen) atoms. The molecular formula is C16H27N3O2. The van der Waals surface area contributed by atoms with Crippen LogP contribution in [0.4, 0.5) is 0 Å². The number of aryl methyl sites for hydroxylation is 1. The summed E-state index contributed by atoms with van der Waals surface area (Å²) in [5.41, 5.74) is 1.13. The zero-order valence-electron chi connectivity index (χ0n) is 13.4. The van der Waals surface area contributed by atoms with Crippen LogP contribution in [0.2, 0.25) is 0 Å². The van der Waals surface area contributed by atoms with Crippen LogP contribution in [-0.2, 0) is 0 Å². The summed E-state index contributed by atoms with van der Waals surface area (Å²) in [5.74, 6) is 1.48. The SMILES string of the molecule is CCNC(=NCC(O)COc1cccc(C)c1)NC(C)C. The van der Waals surface area contributed by atoms with Crippen LogP contribution in [0.1, 0.15) is 26.3 Å². The Bertz CT molecular complexity index is 447. The highest BCUT2D eigenvalue weighted by atomic mass is 16.5. The van der Waals surface area contributed by atoms with Crippen molar-refractivity contribution in [1.29, 1.82) is 0 Å². The minimum absolute atomic E-state index is 0.230. The molecule has 0 fully saturated rings. The summed E-state index contributed by atoms with van der Waals surface area (Å²) >= 11 is 0. The first-order chi connectivity index (χ1) is 10.0. The van der Waals surface area contributed by atoms with Gasteiger partial charge in [0.1, 0.15) is 18.5 Å². The number of benzene rings is 1. The molecule has 3 N–H and O–H groups in total. The molecule has 1 rings (SSSR count). The zero-order chi connectivity index (χ0) is 15.7. The van der Waals surface area contributed by atoms with Crippen molar-refractivity contribution in [2.24, 2.45) is 4.99 Å². The number of aliphatic hydroxyl groups is 1. The maximum atomic E-state index is 9.94. The standard InChI is InChI=1S/C16H27N3O2/c1-5-17-16(19-12(2)3)18-10-14(20)11-21-15-8-6-7-13(4)9-15/h6-9,12,14,20H,5,10-11H2,1-4H3,(H2,17,18,19). The van der Waals surface area contributed by atoms with Crippen molar-refractivity contribution in [3.63, 3.8) is 0 Å². The van der Waals surface area contributed by atoms with Gasteiger partial charge in [-0.15, -0.1) is 0 Å². The van der Waals surface area contributed by atoms with E-state index >= 15 is 0 Å². The number of guanidine groups is 1. The molecule has 5 heteroatoms. The fraction of sp³-hybridized carbons (Fsp3) is 0.562. The molecule has 0 spiro atoms. The van der Waals surface area contributed by atoms with Gasteiger partial charge in [-0.3, -0.25) is 4.99 Å². The van der Waals surface area contributed by atoms with E-state index in [1.165, 1.54) is 0 Å². The first kappa shape index (κ1) is 17.3. The summed E-state index contributed by atoms with van der Waals surface area (Å²) in [5, 5.41) is 16.3. The van der Waals surface area contributed by atoms with Gasteiger partial charge in [0.25, 0.3) is 0 Å². The molecule has 0 saturated heterocycles. The minimum Gasteiger partial charge on any atom is -0.491 e. The monoisotopic (exact) mass is 293 g/mol. The third-order valence-corrected chi connectivity index (χ3v) is 2.66. The van der Waals surface area contributed by atoms with Gasteiger partial charge in [0.2, 0.25) is 0 Å². The summed E-state index contributed by atoms with van der Waals surface area (Å²) in [6, 6.07) is 8.07. The summed E-state index contributed by atoms with van der Waals surface area (Å²) in [7, 11) is 0. The van der Waals surface area contributed by atoms with E-state index in [-0.39, 0.29) is 6.61 Å². The summed E-state index contributed by atoms with van der Waals surface area (Å²) in [6.45, 7) is 9.42. The molecule has 0 aliphatic rings. The van der Waals surface area contributed by atoms with Crippen molar-refractivity contribution in [2.75, 3.05) is 19.7 Å². The van der Waals surface area contributed by atoms with E-state index in [0.717, 1.165) is 17.9 Å². The second kappa shape index (κ2) is 9.23. The molecule has 0 amide bonds. The van der Waals surface area contributed by atoms with Gasteiger partial charge >= 0.3 is 0 Å². The molecule has 1 aromatic carbocycles. The topological polar surface area (TPSA) is 65.9 Å². The van der Waals surface area contributed by atoms with Crippen molar-refractivity contribution in [3.8, 4) is 5.75 Å². The van der Waals surface area contributed by atoms with Crippen LogP contribution in [-0.4, -0.2) is 42.9 Å². The molecule has 0 saturated carbocycles. The predicted molar refractivity (Wildman–Crippen MR) is 86.9 cm³/mol. The highest BCUT2D eigenvalue weighted by Crippen LogP contribution is 2.12. The molecule has 0 aliphatic heterocycles. The van der Waals surface area contributed by atoms with Gasteiger partial charge in [0, 0.05) is 12.6 Å². The number of aliphatic hydroxyl groups excluding tert-OH is 1. The van der Waals surface area contributed by atoms with Crippen LogP contribution < -0.4 is 15.4 Å². The Labute approximate surface area is 127 Å². The normalized spacial score (nSPS) is 13.1. The number of nitrogens with one attached hydrogen (secondary N) is 2. The van der Waals surface area contributed by atoms with E-state index in [1.807, 2.05) is 52.0 Å². The van der Waals surface area contributed by atoms with Crippen molar-refractivity contribution < 1.29 is 9.84 Å². The Morgan fingerprint density at radius 2 is 2.14 bits per heavy atom. The Balaban J connectivity index is 2.42. The maximum Gasteiger partial charge on any atom is 0.191 e. The van der Waals surface area contributed by atoms with Crippen LogP contribution in [0.25, 0.3) is 0 Å². The number of hydrogen-bond acceptors (Lipinski definition) is 3. The molecule has 0 aliphatic carbocycles. The first-order valence-electron chi connectivity index (χ1n) is 7.43. The van der Waals surface area contributed by atoms with Crippen molar-refractivity contribution in [3.05, 3.63) is 29.8 Å². The van der Waals surface area contributed by atoms with Gasteiger partial charge in [-0.1, -0.05) is 12.1 Å². The lowest BCUT2D eigenvalue weighted by Gasteiger charge is -2.15. The molecule has 0 radical (unpaired) electrons. The van der Waals surface area contributed by atoms with Crippen molar-refractivity contribution >= 4 is 5.96 Å². The van der Waals surface area contributed by atoms with Gasteiger partial charge < -0.3 is 20.5 Å². The molecule has 5 nitrogen and oxygen atoms in total. The van der Waals surface area contributed by atoms with E-state index in [1.54, 1.807) is 0 Å². The third kappa shape index (κ3) is 7.56. The molecule has 1 aromatic rings. The number of hydrogen-bond donors (Lipinski definition) is 3. The second-order valence-electron chi connectivity index (χ2n) is 5.30. The Morgan fingerprint density at radius 3 is 2.76 bits per heavy atom. The predicted octanol–water partition coefficient (Wildman–Crippen LogP) is 1.70. The largest absolute Gasteiger partial charge is 0.491 e. The number of rotatable bonds is 7. The maximum absolute atomic E-state index is 9.94. The number of nitrogens with zero attached hydrogens (tertiary/aromatic N) is 1. The Hall–Kier alpha value is -1.75. The number of ether oxygens (including phenoxy) is 1. The highest BCUT2D eigenvalue weighted by molar-refractivity contribution is 5.79. The lowest BCUT2D eigenvalue weighted by atomic mass is 10.2. The first-order valence-corrected chi connectivity index (χ1v) is 7.43. The van der Waals surface area contributed by atoms with Crippen LogP contribution in [0.3, 0.4) is 0 Å². The number of aliphatic imine (C=N–C) groups is 1. The smallest absolute Gasteiger partial charge is 0.191 e. The minimum atomic E-state index is -0.631. The van der Waals surface area contributed by atoms with Crippen LogP contribution in [0.5, 0.6) is 5.75 Å². The van der Waals surface area contributed by atoms with Gasteiger partial charge in [-0.25, -0.2) is 0 Å². The second-order valence-corrected chi connectivity index (χ2v) is 5.30. The Morgan fingerprint density at radius 1 is 1.38 bits per heavy atom.